The summed E-state index contributed by atoms with van der Waals surface area (Å²) in [6, 6.07) is 0. The van der Waals surface area contributed by atoms with Crippen LogP contribution in [0.4, 0.5) is 0 Å². The summed E-state index contributed by atoms with van der Waals surface area (Å²) in [4.78, 5) is 12.2. The number of allylic oxidation sites excluding steroid dienone is 2. The number of hydrogen-bond donors (Lipinski definition) is 0. The van der Waals surface area contributed by atoms with Crippen LogP contribution in [0.3, 0.4) is 0 Å². The molecule has 0 aliphatic heterocycles. The Hall–Kier alpha value is -0.590. The van der Waals surface area contributed by atoms with Crippen LogP contribution in [0.1, 0.15) is 59.8 Å². The van der Waals surface area contributed by atoms with Crippen LogP contribution < -0.4 is 0 Å². The van der Waals surface area contributed by atoms with Crippen LogP contribution in [-0.4, -0.2) is 5.78 Å². The Morgan fingerprint density at radius 3 is 2.19 bits per heavy atom. The maximum absolute atomic E-state index is 12.2. The lowest BCUT2D eigenvalue weighted by atomic mass is 9.62. The Morgan fingerprint density at radius 2 is 1.81 bits per heavy atom. The topological polar surface area (TPSA) is 17.1 Å². The highest BCUT2D eigenvalue weighted by molar-refractivity contribution is 6.01. The third kappa shape index (κ3) is 1.85. The minimum atomic E-state index is 0.0197. The Kier molecular flexibility index (Phi) is 2.76. The molecule has 1 nitrogen and oxygen atoms in total. The first-order valence-electron chi connectivity index (χ1n) is 6.57. The molecule has 90 valence electrons. The van der Waals surface area contributed by atoms with Gasteiger partial charge in [0.25, 0.3) is 0 Å². The number of ketones is 1. The fourth-order valence-corrected chi connectivity index (χ4v) is 3.42. The van der Waals surface area contributed by atoms with E-state index in [9.17, 15) is 4.79 Å². The number of carbonyl (C=O) groups is 1. The minimum Gasteiger partial charge on any atom is -0.294 e. The van der Waals surface area contributed by atoms with E-state index in [1.165, 1.54) is 12.8 Å². The molecule has 2 rings (SSSR count). The normalized spacial score (nSPS) is 35.6. The van der Waals surface area contributed by atoms with Gasteiger partial charge in [0, 0.05) is 5.41 Å². The highest BCUT2D eigenvalue weighted by atomic mass is 16.1. The quantitative estimate of drug-likeness (QED) is 0.600. The van der Waals surface area contributed by atoms with Crippen molar-refractivity contribution in [1.29, 1.82) is 0 Å². The van der Waals surface area contributed by atoms with Gasteiger partial charge >= 0.3 is 0 Å². The van der Waals surface area contributed by atoms with E-state index in [0.29, 0.717) is 11.2 Å². The third-order valence-electron chi connectivity index (χ3n) is 4.81. The number of carbonyl (C=O) groups excluding carboxylic acids is 1. The van der Waals surface area contributed by atoms with Crippen molar-refractivity contribution in [2.45, 2.75) is 59.8 Å². The van der Waals surface area contributed by atoms with E-state index >= 15 is 0 Å². The molecule has 0 saturated heterocycles. The van der Waals surface area contributed by atoms with Gasteiger partial charge in [0.1, 0.15) is 0 Å². The summed E-state index contributed by atoms with van der Waals surface area (Å²) >= 11 is 0. The van der Waals surface area contributed by atoms with Gasteiger partial charge in [-0.1, -0.05) is 26.8 Å². The zero-order valence-electron chi connectivity index (χ0n) is 11.1. The van der Waals surface area contributed by atoms with Crippen molar-refractivity contribution in [3.8, 4) is 0 Å². The molecule has 0 aromatic heterocycles. The third-order valence-corrected chi connectivity index (χ3v) is 4.81. The van der Waals surface area contributed by atoms with Gasteiger partial charge in [0.15, 0.2) is 5.78 Å². The predicted octanol–water partition coefficient (Wildman–Crippen LogP) is 4.13. The Labute approximate surface area is 99.3 Å². The fraction of sp³-hybridized carbons (Fsp3) is 0.800. The van der Waals surface area contributed by atoms with Gasteiger partial charge in [0.2, 0.25) is 0 Å². The Bertz CT molecular complexity index is 322. The SMILES string of the molecule is CC1=CCC2(CCC(C(C)(C)C)CC2)C1=O. The molecule has 1 spiro atoms. The molecule has 0 radical (unpaired) electrons. The second kappa shape index (κ2) is 3.72. The summed E-state index contributed by atoms with van der Waals surface area (Å²) in [7, 11) is 0. The van der Waals surface area contributed by atoms with E-state index in [2.05, 4.69) is 26.8 Å². The van der Waals surface area contributed by atoms with Crippen molar-refractivity contribution in [3.63, 3.8) is 0 Å². The molecule has 0 amide bonds. The van der Waals surface area contributed by atoms with Crippen molar-refractivity contribution in [2.75, 3.05) is 0 Å². The van der Waals surface area contributed by atoms with Gasteiger partial charge in [-0.2, -0.15) is 0 Å². The lowest BCUT2D eigenvalue weighted by molar-refractivity contribution is -0.126. The molecule has 1 heteroatoms. The maximum Gasteiger partial charge on any atom is 0.164 e. The first kappa shape index (κ1) is 11.9. The van der Waals surface area contributed by atoms with Crippen LogP contribution >= 0.6 is 0 Å². The van der Waals surface area contributed by atoms with E-state index in [4.69, 9.17) is 0 Å². The van der Waals surface area contributed by atoms with Crippen molar-refractivity contribution >= 4 is 5.78 Å². The molecule has 0 heterocycles. The molecule has 0 aromatic rings. The van der Waals surface area contributed by atoms with Gasteiger partial charge < -0.3 is 0 Å². The average Bonchev–Trinajstić information content (AvgIpc) is 2.47. The van der Waals surface area contributed by atoms with Crippen LogP contribution in [0.15, 0.2) is 11.6 Å². The number of Topliss-reactive ketones (excluding diaryl/α,β-unsaturated/α-hetero) is 1. The highest BCUT2D eigenvalue weighted by Crippen LogP contribution is 2.50. The molecule has 0 N–H and O–H groups in total. The second-order valence-corrected chi connectivity index (χ2v) is 6.84. The summed E-state index contributed by atoms with van der Waals surface area (Å²) in [5, 5.41) is 0. The van der Waals surface area contributed by atoms with Gasteiger partial charge in [-0.3, -0.25) is 4.79 Å². The zero-order chi connectivity index (χ0) is 12.0. The summed E-state index contributed by atoms with van der Waals surface area (Å²) in [5.74, 6) is 1.24. The van der Waals surface area contributed by atoms with Gasteiger partial charge in [-0.15, -0.1) is 0 Å². The van der Waals surface area contributed by atoms with Gasteiger partial charge in [0.05, 0.1) is 0 Å². The van der Waals surface area contributed by atoms with Crippen molar-refractivity contribution < 1.29 is 4.79 Å². The second-order valence-electron chi connectivity index (χ2n) is 6.84. The molecule has 0 unspecified atom stereocenters. The number of hydrogen-bond acceptors (Lipinski definition) is 1. The van der Waals surface area contributed by atoms with Gasteiger partial charge in [-0.25, -0.2) is 0 Å². The summed E-state index contributed by atoms with van der Waals surface area (Å²) < 4.78 is 0. The van der Waals surface area contributed by atoms with Crippen LogP contribution in [-0.2, 0) is 4.79 Å². The van der Waals surface area contributed by atoms with E-state index < -0.39 is 0 Å². The van der Waals surface area contributed by atoms with Crippen LogP contribution in [0.5, 0.6) is 0 Å². The van der Waals surface area contributed by atoms with Crippen LogP contribution in [0, 0.1) is 16.7 Å². The molecule has 2 aliphatic carbocycles. The van der Waals surface area contributed by atoms with Crippen molar-refractivity contribution in [2.24, 2.45) is 16.7 Å². The Morgan fingerprint density at radius 1 is 1.25 bits per heavy atom. The maximum atomic E-state index is 12.2. The molecule has 0 bridgehead atoms. The van der Waals surface area contributed by atoms with Crippen molar-refractivity contribution in [1.82, 2.24) is 0 Å². The molecular weight excluding hydrogens is 196 g/mol. The molecule has 0 atom stereocenters. The fourth-order valence-electron chi connectivity index (χ4n) is 3.42. The van der Waals surface area contributed by atoms with Crippen LogP contribution in [0.25, 0.3) is 0 Å². The lowest BCUT2D eigenvalue weighted by Gasteiger charge is -2.41. The molecule has 1 fully saturated rings. The summed E-state index contributed by atoms with van der Waals surface area (Å²) in [6.45, 7) is 8.97. The van der Waals surface area contributed by atoms with Gasteiger partial charge in [-0.05, 0) is 55.9 Å². The summed E-state index contributed by atoms with van der Waals surface area (Å²) in [5.41, 5.74) is 1.44. The molecule has 1 saturated carbocycles. The first-order chi connectivity index (χ1) is 7.35. The lowest BCUT2D eigenvalue weighted by Crippen LogP contribution is -2.36. The number of rotatable bonds is 0. The zero-order valence-corrected chi connectivity index (χ0v) is 11.1. The summed E-state index contributed by atoms with van der Waals surface area (Å²) in [6.07, 6.45) is 7.85. The highest BCUT2D eigenvalue weighted by Gasteiger charge is 2.45. The molecule has 2 aliphatic rings. The van der Waals surface area contributed by atoms with E-state index in [1.54, 1.807) is 0 Å². The van der Waals surface area contributed by atoms with E-state index in [-0.39, 0.29) is 5.41 Å². The minimum absolute atomic E-state index is 0.0197. The molecule has 16 heavy (non-hydrogen) atoms. The van der Waals surface area contributed by atoms with E-state index in [0.717, 1.165) is 30.8 Å². The average molecular weight is 220 g/mol. The largest absolute Gasteiger partial charge is 0.294 e. The predicted molar refractivity (Wildman–Crippen MR) is 67.2 cm³/mol. The smallest absolute Gasteiger partial charge is 0.164 e. The standard InChI is InChI=1S/C15H24O/c1-11-5-8-15(13(11)16)9-6-12(7-10-15)14(2,3)4/h5,12H,6-10H2,1-4H3. The van der Waals surface area contributed by atoms with Crippen LogP contribution in [0.2, 0.25) is 0 Å². The molecule has 0 aromatic carbocycles. The first-order valence-corrected chi connectivity index (χ1v) is 6.57. The Balaban J connectivity index is 2.04. The van der Waals surface area contributed by atoms with E-state index in [1.807, 2.05) is 6.92 Å². The molecular formula is C15H24O. The monoisotopic (exact) mass is 220 g/mol. The van der Waals surface area contributed by atoms with Crippen molar-refractivity contribution in [3.05, 3.63) is 11.6 Å².